The van der Waals surface area contributed by atoms with E-state index in [2.05, 4.69) is 30.9 Å². The van der Waals surface area contributed by atoms with Crippen molar-refractivity contribution in [2.75, 3.05) is 37.4 Å². The average molecular weight is 260 g/mol. The lowest BCUT2D eigenvalue weighted by atomic mass is 10.1. The van der Waals surface area contributed by atoms with E-state index in [1.807, 2.05) is 0 Å². The van der Waals surface area contributed by atoms with Gasteiger partial charge in [0.1, 0.15) is 5.52 Å². The number of fused-ring (bicyclic) bond motifs is 1. The monoisotopic (exact) mass is 260 g/mol. The Morgan fingerprint density at radius 2 is 2.37 bits per heavy atom. The minimum atomic E-state index is 0.251. The van der Waals surface area contributed by atoms with E-state index in [1.54, 1.807) is 13.4 Å². The summed E-state index contributed by atoms with van der Waals surface area (Å²) >= 11 is 0. The smallest absolute Gasteiger partial charge is 0.224 e. The number of ether oxygens (including phenoxy) is 1. The van der Waals surface area contributed by atoms with Crippen molar-refractivity contribution in [2.45, 2.75) is 6.42 Å². The van der Waals surface area contributed by atoms with Crippen molar-refractivity contribution in [3.05, 3.63) is 18.0 Å². The fourth-order valence-electron chi connectivity index (χ4n) is 2.28. The molecule has 3 heterocycles. The molecule has 0 spiro atoms. The second-order valence-corrected chi connectivity index (χ2v) is 4.50. The topological polar surface area (TPSA) is 92.9 Å². The van der Waals surface area contributed by atoms with Gasteiger partial charge in [0.25, 0.3) is 0 Å². The van der Waals surface area contributed by atoms with Gasteiger partial charge >= 0.3 is 0 Å². The number of anilines is 2. The first-order valence-corrected chi connectivity index (χ1v) is 6.16. The molecular formula is C12H16N6O. The van der Waals surface area contributed by atoms with Crippen LogP contribution in [0.5, 0.6) is 0 Å². The van der Waals surface area contributed by atoms with Gasteiger partial charge in [-0.3, -0.25) is 0 Å². The maximum atomic E-state index is 5.73. The molecule has 0 unspecified atom stereocenters. The van der Waals surface area contributed by atoms with Crippen LogP contribution in [0.1, 0.15) is 6.42 Å². The number of methoxy groups -OCH3 is 1. The zero-order chi connectivity index (χ0) is 13.2. The number of hydrogen-bond donors (Lipinski definition) is 2. The molecule has 1 aliphatic rings. The number of nitrogen functional groups attached to an aromatic ring is 1. The largest absolute Gasteiger partial charge is 0.380 e. The fraction of sp³-hybridized carbons (Fsp3) is 0.417. The fourth-order valence-corrected chi connectivity index (χ4v) is 2.28. The van der Waals surface area contributed by atoms with Crippen molar-refractivity contribution in [3.8, 4) is 0 Å². The van der Waals surface area contributed by atoms with Gasteiger partial charge in [0.15, 0.2) is 11.5 Å². The number of aromatic nitrogens is 4. The molecule has 7 nitrogen and oxygen atoms in total. The van der Waals surface area contributed by atoms with Crippen molar-refractivity contribution < 1.29 is 4.74 Å². The van der Waals surface area contributed by atoms with E-state index in [0.717, 1.165) is 30.8 Å². The number of imidazole rings is 1. The molecule has 2 aromatic heterocycles. The summed E-state index contributed by atoms with van der Waals surface area (Å²) in [6.07, 6.45) is 4.75. The third kappa shape index (κ3) is 2.24. The highest BCUT2D eigenvalue weighted by Crippen LogP contribution is 2.24. The molecule has 0 saturated carbocycles. The molecule has 7 heteroatoms. The molecule has 0 atom stereocenters. The lowest BCUT2D eigenvalue weighted by Crippen LogP contribution is -2.30. The highest BCUT2D eigenvalue weighted by Gasteiger charge is 2.18. The van der Waals surface area contributed by atoms with Gasteiger partial charge in [-0.25, -0.2) is 4.98 Å². The second-order valence-electron chi connectivity index (χ2n) is 4.50. The first-order valence-electron chi connectivity index (χ1n) is 6.16. The Balaban J connectivity index is 1.91. The number of aromatic amines is 1. The zero-order valence-corrected chi connectivity index (χ0v) is 10.8. The standard InChI is InChI=1S/C12H16N6O/c1-19-6-8-2-4-18(5-3-8)11-9-10(15-7-14-9)16-12(13)17-11/h2,7H,3-6H2,1H3,(H3,13,14,15,16,17). The summed E-state index contributed by atoms with van der Waals surface area (Å²) in [6, 6.07) is 0. The summed E-state index contributed by atoms with van der Waals surface area (Å²) in [5, 5.41) is 0. The van der Waals surface area contributed by atoms with E-state index >= 15 is 0 Å². The highest BCUT2D eigenvalue weighted by molar-refractivity contribution is 5.84. The van der Waals surface area contributed by atoms with Crippen molar-refractivity contribution in [1.82, 2.24) is 19.9 Å². The predicted octanol–water partition coefficient (Wildman–Crippen LogP) is 0.718. The van der Waals surface area contributed by atoms with E-state index in [9.17, 15) is 0 Å². The van der Waals surface area contributed by atoms with E-state index in [4.69, 9.17) is 10.5 Å². The van der Waals surface area contributed by atoms with E-state index < -0.39 is 0 Å². The number of hydrogen-bond acceptors (Lipinski definition) is 6. The summed E-state index contributed by atoms with van der Waals surface area (Å²) in [7, 11) is 1.71. The molecule has 0 aliphatic carbocycles. The van der Waals surface area contributed by atoms with E-state index in [1.165, 1.54) is 5.57 Å². The Morgan fingerprint density at radius 1 is 1.47 bits per heavy atom. The van der Waals surface area contributed by atoms with Crippen LogP contribution in [0.4, 0.5) is 11.8 Å². The SMILES string of the molecule is COCC1=CCN(c2nc(N)nc3nc[nH]c23)CC1. The van der Waals surface area contributed by atoms with Crippen molar-refractivity contribution in [2.24, 2.45) is 0 Å². The maximum Gasteiger partial charge on any atom is 0.224 e. The van der Waals surface area contributed by atoms with Crippen LogP contribution in [0.25, 0.3) is 11.2 Å². The molecule has 0 aromatic carbocycles. The molecule has 100 valence electrons. The maximum absolute atomic E-state index is 5.73. The van der Waals surface area contributed by atoms with Crippen molar-refractivity contribution >= 4 is 22.9 Å². The summed E-state index contributed by atoms with van der Waals surface area (Å²) in [5.41, 5.74) is 8.49. The number of nitrogens with zero attached hydrogens (tertiary/aromatic N) is 4. The lowest BCUT2D eigenvalue weighted by molar-refractivity contribution is 0.222. The molecule has 3 rings (SSSR count). The van der Waals surface area contributed by atoms with Gasteiger partial charge in [0.2, 0.25) is 5.95 Å². The normalized spacial score (nSPS) is 15.8. The van der Waals surface area contributed by atoms with E-state index in [0.29, 0.717) is 12.3 Å². The van der Waals surface area contributed by atoms with Gasteiger partial charge in [-0.15, -0.1) is 0 Å². The zero-order valence-electron chi connectivity index (χ0n) is 10.8. The van der Waals surface area contributed by atoms with E-state index in [-0.39, 0.29) is 5.95 Å². The highest BCUT2D eigenvalue weighted by atomic mass is 16.5. The molecule has 1 aliphatic heterocycles. The first-order chi connectivity index (χ1) is 9.28. The van der Waals surface area contributed by atoms with Gasteiger partial charge in [-0.1, -0.05) is 6.08 Å². The second kappa shape index (κ2) is 4.85. The van der Waals surface area contributed by atoms with Crippen LogP contribution >= 0.6 is 0 Å². The van der Waals surface area contributed by atoms with Crippen molar-refractivity contribution in [3.63, 3.8) is 0 Å². The molecule has 0 fully saturated rings. The molecule has 0 amide bonds. The van der Waals surface area contributed by atoms with Crippen LogP contribution in [-0.2, 0) is 4.74 Å². The quantitative estimate of drug-likeness (QED) is 0.790. The van der Waals surface area contributed by atoms with Crippen LogP contribution in [0.15, 0.2) is 18.0 Å². The molecule has 19 heavy (non-hydrogen) atoms. The number of nitrogens with two attached hydrogens (primary N) is 1. The molecule has 0 radical (unpaired) electrons. The van der Waals surface area contributed by atoms with Gasteiger partial charge in [0.05, 0.1) is 12.9 Å². The summed E-state index contributed by atoms with van der Waals surface area (Å²) in [4.78, 5) is 17.8. The third-order valence-electron chi connectivity index (χ3n) is 3.22. The number of nitrogens with one attached hydrogen (secondary N) is 1. The average Bonchev–Trinajstić information content (AvgIpc) is 2.87. The van der Waals surface area contributed by atoms with Crippen LogP contribution in [0.3, 0.4) is 0 Å². The third-order valence-corrected chi connectivity index (χ3v) is 3.22. The molecule has 3 N–H and O–H groups in total. The number of rotatable bonds is 3. The van der Waals surface area contributed by atoms with Crippen molar-refractivity contribution in [1.29, 1.82) is 0 Å². The summed E-state index contributed by atoms with van der Waals surface area (Å²) in [6.45, 7) is 2.38. The van der Waals surface area contributed by atoms with Crippen LogP contribution < -0.4 is 10.6 Å². The van der Waals surface area contributed by atoms with Gasteiger partial charge in [0, 0.05) is 20.2 Å². The molecule has 2 aromatic rings. The Kier molecular flexibility index (Phi) is 3.04. The first kappa shape index (κ1) is 11.9. The van der Waals surface area contributed by atoms with Gasteiger partial charge in [-0.05, 0) is 12.0 Å². The molecule has 0 bridgehead atoms. The van der Waals surface area contributed by atoms with Gasteiger partial charge in [-0.2, -0.15) is 9.97 Å². The summed E-state index contributed by atoms with van der Waals surface area (Å²) < 4.78 is 5.15. The lowest BCUT2D eigenvalue weighted by Gasteiger charge is -2.27. The predicted molar refractivity (Wildman–Crippen MR) is 72.9 cm³/mol. The van der Waals surface area contributed by atoms with Crippen LogP contribution in [0, 0.1) is 0 Å². The molecular weight excluding hydrogens is 244 g/mol. The molecule has 0 saturated heterocycles. The minimum Gasteiger partial charge on any atom is -0.380 e. The Bertz CT molecular complexity index is 620. The Morgan fingerprint density at radius 3 is 3.11 bits per heavy atom. The Labute approximate surface area is 110 Å². The minimum absolute atomic E-state index is 0.251. The summed E-state index contributed by atoms with van der Waals surface area (Å²) in [5.74, 6) is 1.06. The number of H-pyrrole nitrogens is 1. The van der Waals surface area contributed by atoms with Gasteiger partial charge < -0.3 is 20.4 Å². The van der Waals surface area contributed by atoms with Crippen LogP contribution in [0.2, 0.25) is 0 Å². The van der Waals surface area contributed by atoms with Crippen LogP contribution in [-0.4, -0.2) is 46.7 Å². The Hall–Kier alpha value is -2.15.